The van der Waals surface area contributed by atoms with Crippen molar-refractivity contribution < 1.29 is 23.1 Å². The topological polar surface area (TPSA) is 116 Å². The maximum Gasteiger partial charge on any atom is 0.303 e. The number of carbonyl (C=O) groups is 2. The van der Waals surface area contributed by atoms with Gasteiger partial charge in [-0.05, 0) is 28.5 Å². The lowest BCUT2D eigenvalue weighted by molar-refractivity contribution is -0.141. The average molecular weight is 422 g/mol. The zero-order valence-corrected chi connectivity index (χ0v) is 16.7. The molecule has 1 unspecified atom stereocenters. The largest absolute Gasteiger partial charge is 0.481 e. The summed E-state index contributed by atoms with van der Waals surface area (Å²) in [5.41, 5.74) is 2.43. The number of carboxylic acids is 1. The van der Waals surface area contributed by atoms with Gasteiger partial charge in [0, 0.05) is 18.4 Å². The van der Waals surface area contributed by atoms with E-state index in [2.05, 4.69) is 9.82 Å². The number of anilines is 1. The van der Waals surface area contributed by atoms with Crippen molar-refractivity contribution >= 4 is 44.6 Å². The molecule has 0 bridgehead atoms. The number of sulfonamides is 1. The molecule has 28 heavy (non-hydrogen) atoms. The van der Waals surface area contributed by atoms with Gasteiger partial charge >= 0.3 is 5.97 Å². The molecule has 1 aliphatic rings. The number of benzene rings is 1. The standard InChI is InChI=1S/C18H19N3O5S2/c1-28(25,26)20-14-5-3-2-4-13(14)15-10-16(12-8-9-27-11-12)21(19-15)17(22)6-7-18(23)24/h2-5,8-9,11,16,20H,6-7,10H2,1H3,(H,23,24). The van der Waals surface area contributed by atoms with Crippen LogP contribution in [0, 0.1) is 0 Å². The van der Waals surface area contributed by atoms with E-state index in [0.29, 0.717) is 23.4 Å². The van der Waals surface area contributed by atoms with Gasteiger partial charge < -0.3 is 5.11 Å². The maximum atomic E-state index is 12.6. The molecule has 1 aliphatic heterocycles. The lowest BCUT2D eigenvalue weighted by Crippen LogP contribution is -2.27. The van der Waals surface area contributed by atoms with Crippen LogP contribution in [-0.2, 0) is 19.6 Å². The fourth-order valence-electron chi connectivity index (χ4n) is 2.98. The molecule has 0 aliphatic carbocycles. The number of amides is 1. The Kier molecular flexibility index (Phi) is 5.80. The number of thiophene rings is 1. The Hall–Kier alpha value is -2.72. The lowest BCUT2D eigenvalue weighted by atomic mass is 9.99. The van der Waals surface area contributed by atoms with E-state index < -0.39 is 16.0 Å². The normalized spacial score (nSPS) is 16.7. The molecule has 3 rings (SSSR count). The molecule has 2 heterocycles. The summed E-state index contributed by atoms with van der Waals surface area (Å²) >= 11 is 1.49. The predicted molar refractivity (Wildman–Crippen MR) is 107 cm³/mol. The molecule has 1 aromatic carbocycles. The van der Waals surface area contributed by atoms with E-state index in [1.807, 2.05) is 16.8 Å². The summed E-state index contributed by atoms with van der Waals surface area (Å²) < 4.78 is 25.8. The van der Waals surface area contributed by atoms with E-state index in [1.165, 1.54) is 16.3 Å². The Bertz CT molecular complexity index is 1020. The first-order valence-electron chi connectivity index (χ1n) is 8.45. The minimum atomic E-state index is -3.48. The van der Waals surface area contributed by atoms with Crippen LogP contribution in [0.5, 0.6) is 0 Å². The highest BCUT2D eigenvalue weighted by molar-refractivity contribution is 7.92. The monoisotopic (exact) mass is 421 g/mol. The van der Waals surface area contributed by atoms with Crippen molar-refractivity contribution in [3.63, 3.8) is 0 Å². The molecule has 148 valence electrons. The molecular formula is C18H19N3O5S2. The van der Waals surface area contributed by atoms with Gasteiger partial charge in [0.15, 0.2) is 0 Å². The average Bonchev–Trinajstić information content (AvgIpc) is 3.28. The molecule has 1 atom stereocenters. The van der Waals surface area contributed by atoms with Gasteiger partial charge in [0.1, 0.15) is 0 Å². The van der Waals surface area contributed by atoms with Crippen molar-refractivity contribution in [1.82, 2.24) is 5.01 Å². The minimum Gasteiger partial charge on any atom is -0.481 e. The summed E-state index contributed by atoms with van der Waals surface area (Å²) in [7, 11) is -3.48. The number of hydrogen-bond acceptors (Lipinski definition) is 6. The SMILES string of the molecule is CS(=O)(=O)Nc1ccccc1C1=NN(C(=O)CCC(=O)O)C(c2ccsc2)C1. The molecule has 0 spiro atoms. The number of aliphatic carboxylic acids is 1. The van der Waals surface area contributed by atoms with Gasteiger partial charge in [-0.25, -0.2) is 13.4 Å². The van der Waals surface area contributed by atoms with E-state index in [9.17, 15) is 18.0 Å². The summed E-state index contributed by atoms with van der Waals surface area (Å²) in [5, 5.41) is 18.4. The quantitative estimate of drug-likeness (QED) is 0.713. The molecule has 2 aromatic rings. The predicted octanol–water partition coefficient (Wildman–Crippen LogP) is 2.66. The molecule has 0 fully saturated rings. The molecule has 1 aromatic heterocycles. The van der Waals surface area contributed by atoms with Crippen molar-refractivity contribution in [1.29, 1.82) is 0 Å². The minimum absolute atomic E-state index is 0.157. The zero-order valence-electron chi connectivity index (χ0n) is 15.0. The van der Waals surface area contributed by atoms with Gasteiger partial charge in [0.25, 0.3) is 0 Å². The number of para-hydroxylation sites is 1. The second kappa shape index (κ2) is 8.11. The highest BCUT2D eigenvalue weighted by Gasteiger charge is 2.34. The first kappa shape index (κ1) is 20.0. The van der Waals surface area contributed by atoms with E-state index in [1.54, 1.807) is 24.3 Å². The number of carboxylic acid groups (broad SMARTS) is 1. The first-order valence-corrected chi connectivity index (χ1v) is 11.3. The smallest absolute Gasteiger partial charge is 0.303 e. The van der Waals surface area contributed by atoms with Gasteiger partial charge in [-0.2, -0.15) is 16.4 Å². The van der Waals surface area contributed by atoms with E-state index in [4.69, 9.17) is 5.11 Å². The Morgan fingerprint density at radius 1 is 1.29 bits per heavy atom. The highest BCUT2D eigenvalue weighted by Crippen LogP contribution is 2.35. The van der Waals surface area contributed by atoms with Crippen molar-refractivity contribution in [2.45, 2.75) is 25.3 Å². The summed E-state index contributed by atoms with van der Waals surface area (Å²) in [5.74, 6) is -1.44. The van der Waals surface area contributed by atoms with Crippen LogP contribution < -0.4 is 4.72 Å². The van der Waals surface area contributed by atoms with Crippen LogP contribution in [0.2, 0.25) is 0 Å². The summed E-state index contributed by atoms with van der Waals surface area (Å²) in [6.45, 7) is 0. The third-order valence-corrected chi connectivity index (χ3v) is 5.47. The van der Waals surface area contributed by atoms with Gasteiger partial charge in [0.05, 0.1) is 30.1 Å². The number of rotatable bonds is 7. The molecule has 0 saturated heterocycles. The number of nitrogens with one attached hydrogen (secondary N) is 1. The molecule has 10 heteroatoms. The zero-order chi connectivity index (χ0) is 20.3. The summed E-state index contributed by atoms with van der Waals surface area (Å²) in [6.07, 6.45) is 1.03. The molecular weight excluding hydrogens is 402 g/mol. The highest BCUT2D eigenvalue weighted by atomic mass is 32.2. The second-order valence-electron chi connectivity index (χ2n) is 6.38. The summed E-state index contributed by atoms with van der Waals surface area (Å²) in [4.78, 5) is 23.4. The van der Waals surface area contributed by atoms with Gasteiger partial charge in [-0.1, -0.05) is 18.2 Å². The van der Waals surface area contributed by atoms with Crippen molar-refractivity contribution in [3.05, 3.63) is 52.2 Å². The van der Waals surface area contributed by atoms with E-state index in [-0.39, 0.29) is 24.8 Å². The summed E-state index contributed by atoms with van der Waals surface area (Å²) in [6, 6.07) is 8.38. The van der Waals surface area contributed by atoms with Gasteiger partial charge in [0.2, 0.25) is 15.9 Å². The Labute approximate surface area is 166 Å². The third kappa shape index (κ3) is 4.76. The van der Waals surface area contributed by atoms with E-state index >= 15 is 0 Å². The molecule has 2 N–H and O–H groups in total. The number of hydrazone groups is 1. The van der Waals surface area contributed by atoms with Crippen LogP contribution in [0.1, 0.15) is 36.4 Å². The second-order valence-corrected chi connectivity index (χ2v) is 8.90. The van der Waals surface area contributed by atoms with Crippen LogP contribution >= 0.6 is 11.3 Å². The van der Waals surface area contributed by atoms with Crippen LogP contribution in [0.15, 0.2) is 46.2 Å². The molecule has 1 amide bonds. The van der Waals surface area contributed by atoms with Crippen LogP contribution in [0.3, 0.4) is 0 Å². The number of carbonyl (C=O) groups excluding carboxylic acids is 1. The number of nitrogens with zero attached hydrogens (tertiary/aromatic N) is 2. The fourth-order valence-corrected chi connectivity index (χ4v) is 4.26. The van der Waals surface area contributed by atoms with Gasteiger partial charge in [-0.3, -0.25) is 14.3 Å². The van der Waals surface area contributed by atoms with Gasteiger partial charge in [-0.15, -0.1) is 0 Å². The maximum absolute atomic E-state index is 12.6. The molecule has 0 saturated carbocycles. The lowest BCUT2D eigenvalue weighted by Gasteiger charge is -2.20. The van der Waals surface area contributed by atoms with Crippen LogP contribution in [0.4, 0.5) is 5.69 Å². The van der Waals surface area contributed by atoms with Crippen LogP contribution in [-0.4, -0.2) is 42.4 Å². The van der Waals surface area contributed by atoms with Crippen molar-refractivity contribution in [2.75, 3.05) is 11.0 Å². The van der Waals surface area contributed by atoms with Crippen molar-refractivity contribution in [2.24, 2.45) is 5.10 Å². The third-order valence-electron chi connectivity index (χ3n) is 4.18. The van der Waals surface area contributed by atoms with Crippen molar-refractivity contribution in [3.8, 4) is 0 Å². The molecule has 8 nitrogen and oxygen atoms in total. The van der Waals surface area contributed by atoms with E-state index in [0.717, 1.165) is 11.8 Å². The Morgan fingerprint density at radius 3 is 2.68 bits per heavy atom. The first-order chi connectivity index (χ1) is 13.2. The Balaban J connectivity index is 1.95. The van der Waals surface area contributed by atoms with Crippen LogP contribution in [0.25, 0.3) is 0 Å². The molecule has 0 radical (unpaired) electrons. The fraction of sp³-hybridized carbons (Fsp3) is 0.278. The Morgan fingerprint density at radius 2 is 2.04 bits per heavy atom. The number of hydrogen-bond donors (Lipinski definition) is 2.